The number of furan rings is 1. The van der Waals surface area contributed by atoms with Crippen LogP contribution in [0.1, 0.15) is 23.8 Å². The van der Waals surface area contributed by atoms with Crippen molar-refractivity contribution in [2.24, 2.45) is 0 Å². The number of aryl methyl sites for hydroxylation is 2. The number of fused-ring (bicyclic) bond motifs is 1. The summed E-state index contributed by atoms with van der Waals surface area (Å²) in [5, 5.41) is 7.66. The molecule has 0 saturated heterocycles. The molecule has 0 atom stereocenters. The van der Waals surface area contributed by atoms with Crippen molar-refractivity contribution in [1.82, 2.24) is 24.6 Å². The maximum atomic E-state index is 13.2. The molecule has 0 spiro atoms. The monoisotopic (exact) mass is 437 g/mol. The molecule has 4 aromatic rings. The molecular weight excluding hydrogens is 414 g/mol. The summed E-state index contributed by atoms with van der Waals surface area (Å²) in [5.74, 6) is 0.650. The quantitative estimate of drug-likeness (QED) is 0.336. The number of carbonyl (C=O) groups is 1. The van der Waals surface area contributed by atoms with Gasteiger partial charge in [-0.15, -0.1) is 0 Å². The van der Waals surface area contributed by atoms with Gasteiger partial charge in [-0.1, -0.05) is 41.6 Å². The van der Waals surface area contributed by atoms with E-state index in [2.05, 4.69) is 15.4 Å². The molecule has 0 saturated carbocycles. The third-order valence-electron chi connectivity index (χ3n) is 4.79. The first-order chi connectivity index (χ1) is 15.0. The van der Waals surface area contributed by atoms with Crippen LogP contribution < -0.4 is 10.9 Å². The number of hydrogen-bond donors (Lipinski definition) is 1. The Morgan fingerprint density at radius 2 is 2.03 bits per heavy atom. The lowest BCUT2D eigenvalue weighted by Gasteiger charge is -2.12. The van der Waals surface area contributed by atoms with E-state index in [0.29, 0.717) is 41.6 Å². The zero-order valence-corrected chi connectivity index (χ0v) is 18.2. The first-order valence-electron chi connectivity index (χ1n) is 9.99. The molecule has 4 rings (SSSR count). The van der Waals surface area contributed by atoms with Crippen LogP contribution in [0.4, 0.5) is 0 Å². The Labute approximate surface area is 183 Å². The molecule has 3 aromatic heterocycles. The number of nitrogens with one attached hydrogen (secondary N) is 1. The first kappa shape index (κ1) is 20.9. The van der Waals surface area contributed by atoms with Crippen molar-refractivity contribution in [2.45, 2.75) is 38.6 Å². The molecule has 1 N–H and O–H groups in total. The van der Waals surface area contributed by atoms with Crippen molar-refractivity contribution in [1.29, 1.82) is 0 Å². The maximum Gasteiger partial charge on any atom is 0.282 e. The number of thioether (sulfide) groups is 1. The Kier molecular flexibility index (Phi) is 6.22. The molecule has 0 radical (unpaired) electrons. The van der Waals surface area contributed by atoms with Crippen molar-refractivity contribution in [2.75, 3.05) is 5.75 Å². The van der Waals surface area contributed by atoms with Gasteiger partial charge in [0.25, 0.3) is 5.56 Å². The third-order valence-corrected chi connectivity index (χ3v) is 5.77. The second-order valence-electron chi connectivity index (χ2n) is 7.13. The fourth-order valence-corrected chi connectivity index (χ4v) is 3.92. The van der Waals surface area contributed by atoms with E-state index in [0.717, 1.165) is 11.1 Å². The van der Waals surface area contributed by atoms with Crippen molar-refractivity contribution in [3.8, 4) is 0 Å². The highest BCUT2D eigenvalue weighted by molar-refractivity contribution is 7.99. The number of benzene rings is 1. The highest BCUT2D eigenvalue weighted by Gasteiger charge is 2.16. The van der Waals surface area contributed by atoms with E-state index in [1.165, 1.54) is 11.8 Å². The van der Waals surface area contributed by atoms with E-state index >= 15 is 0 Å². The molecule has 3 heterocycles. The maximum absolute atomic E-state index is 13.2. The molecular formula is C22H23N5O3S. The minimum atomic E-state index is -0.212. The second-order valence-corrected chi connectivity index (χ2v) is 8.08. The largest absolute Gasteiger partial charge is 0.467 e. The normalized spacial score (nSPS) is 11.2. The number of hydrogen-bond acceptors (Lipinski definition) is 6. The standard InChI is InChI=1S/C22H23N5O3S/c1-3-26-13-18-20(25-26)21(29)27(12-16-8-6-15(2)7-9-16)22(24-18)31-14-19(28)23-11-17-5-4-10-30-17/h4-10,13H,3,11-12,14H2,1-2H3,(H,23,28). The molecule has 0 unspecified atom stereocenters. The molecule has 1 amide bonds. The molecule has 1 aromatic carbocycles. The number of carbonyl (C=O) groups excluding carboxylic acids is 1. The van der Waals surface area contributed by atoms with Gasteiger partial charge in [-0.3, -0.25) is 18.8 Å². The fraction of sp³-hybridized carbons (Fsp3) is 0.273. The van der Waals surface area contributed by atoms with Gasteiger partial charge in [0.1, 0.15) is 11.3 Å². The molecule has 31 heavy (non-hydrogen) atoms. The van der Waals surface area contributed by atoms with E-state index in [1.807, 2.05) is 38.1 Å². The Morgan fingerprint density at radius 1 is 1.23 bits per heavy atom. The predicted molar refractivity (Wildman–Crippen MR) is 119 cm³/mol. The van der Waals surface area contributed by atoms with Crippen LogP contribution in [-0.2, 0) is 24.4 Å². The molecule has 9 heteroatoms. The summed E-state index contributed by atoms with van der Waals surface area (Å²) < 4.78 is 8.51. The van der Waals surface area contributed by atoms with Crippen LogP contribution in [0.5, 0.6) is 0 Å². The minimum absolute atomic E-state index is 0.133. The van der Waals surface area contributed by atoms with Gasteiger partial charge < -0.3 is 9.73 Å². The smallest absolute Gasteiger partial charge is 0.282 e. The summed E-state index contributed by atoms with van der Waals surface area (Å²) in [7, 11) is 0. The zero-order chi connectivity index (χ0) is 21.8. The van der Waals surface area contributed by atoms with E-state index < -0.39 is 0 Å². The first-order valence-corrected chi connectivity index (χ1v) is 11.0. The van der Waals surface area contributed by atoms with Gasteiger partial charge in [-0.05, 0) is 31.5 Å². The van der Waals surface area contributed by atoms with Gasteiger partial charge in [-0.25, -0.2) is 4.98 Å². The molecule has 0 bridgehead atoms. The average Bonchev–Trinajstić information content (AvgIpc) is 3.44. The number of nitrogens with zero attached hydrogens (tertiary/aromatic N) is 4. The number of aromatic nitrogens is 4. The van der Waals surface area contributed by atoms with E-state index in [-0.39, 0.29) is 17.2 Å². The van der Waals surface area contributed by atoms with Gasteiger partial charge in [0.15, 0.2) is 10.7 Å². The lowest BCUT2D eigenvalue weighted by molar-refractivity contribution is -0.118. The number of rotatable bonds is 8. The van der Waals surface area contributed by atoms with Crippen LogP contribution in [0, 0.1) is 6.92 Å². The predicted octanol–water partition coefficient (Wildman–Crippen LogP) is 2.97. The Morgan fingerprint density at radius 3 is 2.74 bits per heavy atom. The topological polar surface area (TPSA) is 95.0 Å². The van der Waals surface area contributed by atoms with Crippen LogP contribution in [0.25, 0.3) is 11.0 Å². The van der Waals surface area contributed by atoms with Gasteiger partial charge in [-0.2, -0.15) is 5.10 Å². The van der Waals surface area contributed by atoms with Gasteiger partial charge in [0, 0.05) is 6.54 Å². The van der Waals surface area contributed by atoms with Gasteiger partial charge >= 0.3 is 0 Å². The summed E-state index contributed by atoms with van der Waals surface area (Å²) in [5.41, 5.74) is 2.78. The highest BCUT2D eigenvalue weighted by Crippen LogP contribution is 2.19. The molecule has 8 nitrogen and oxygen atoms in total. The van der Waals surface area contributed by atoms with Crippen LogP contribution in [0.2, 0.25) is 0 Å². The molecule has 0 fully saturated rings. The minimum Gasteiger partial charge on any atom is -0.467 e. The molecule has 0 aliphatic heterocycles. The highest BCUT2D eigenvalue weighted by atomic mass is 32.2. The fourth-order valence-electron chi connectivity index (χ4n) is 3.09. The van der Waals surface area contributed by atoms with Crippen molar-refractivity contribution in [3.05, 3.63) is 76.1 Å². The second kappa shape index (κ2) is 9.22. The molecule has 160 valence electrons. The van der Waals surface area contributed by atoms with Crippen molar-refractivity contribution < 1.29 is 9.21 Å². The summed E-state index contributed by atoms with van der Waals surface area (Å²) in [6, 6.07) is 11.6. The van der Waals surface area contributed by atoms with Crippen molar-refractivity contribution in [3.63, 3.8) is 0 Å². The average molecular weight is 438 g/mol. The van der Waals surface area contributed by atoms with Gasteiger partial charge in [0.2, 0.25) is 5.91 Å². The molecule has 0 aliphatic rings. The summed E-state index contributed by atoms with van der Waals surface area (Å²) in [6.45, 7) is 5.29. The Balaban J connectivity index is 1.59. The molecule has 0 aliphatic carbocycles. The zero-order valence-electron chi connectivity index (χ0n) is 17.4. The summed E-state index contributed by atoms with van der Waals surface area (Å²) in [4.78, 5) is 30.2. The SMILES string of the molecule is CCn1cc2nc(SCC(=O)NCc3ccco3)n(Cc3ccc(C)cc3)c(=O)c2n1. The van der Waals surface area contributed by atoms with Crippen molar-refractivity contribution >= 4 is 28.7 Å². The summed E-state index contributed by atoms with van der Waals surface area (Å²) >= 11 is 1.23. The summed E-state index contributed by atoms with van der Waals surface area (Å²) in [6.07, 6.45) is 3.32. The van der Waals surface area contributed by atoms with Crippen LogP contribution >= 0.6 is 11.8 Å². The lowest BCUT2D eigenvalue weighted by Crippen LogP contribution is -2.27. The Bertz CT molecular complexity index is 1240. The van der Waals surface area contributed by atoms with Crippen LogP contribution in [0.3, 0.4) is 0 Å². The third kappa shape index (κ3) is 4.88. The van der Waals surface area contributed by atoms with E-state index in [9.17, 15) is 9.59 Å². The lowest BCUT2D eigenvalue weighted by atomic mass is 10.1. The Hall–Kier alpha value is -3.33. The van der Waals surface area contributed by atoms with E-state index in [1.54, 1.807) is 33.8 Å². The van der Waals surface area contributed by atoms with Crippen LogP contribution in [0.15, 0.2) is 63.2 Å². The van der Waals surface area contributed by atoms with Gasteiger partial charge in [0.05, 0.1) is 31.3 Å². The van der Waals surface area contributed by atoms with E-state index in [4.69, 9.17) is 4.42 Å². The number of amides is 1. The van der Waals surface area contributed by atoms with Crippen LogP contribution in [-0.4, -0.2) is 31.0 Å².